The Labute approximate surface area is 208 Å². The van der Waals surface area contributed by atoms with Gasteiger partial charge in [-0.25, -0.2) is 14.8 Å². The van der Waals surface area contributed by atoms with Crippen LogP contribution in [0.2, 0.25) is 5.02 Å². The van der Waals surface area contributed by atoms with E-state index in [-0.39, 0.29) is 13.0 Å². The van der Waals surface area contributed by atoms with Gasteiger partial charge in [0.05, 0.1) is 23.5 Å². The summed E-state index contributed by atoms with van der Waals surface area (Å²) >= 11 is 6.37. The number of fused-ring (bicyclic) bond motifs is 3. The van der Waals surface area contributed by atoms with E-state index in [1.165, 1.54) is 12.1 Å². The van der Waals surface area contributed by atoms with Gasteiger partial charge in [-0.1, -0.05) is 49.2 Å². The molecule has 7 heteroatoms. The fourth-order valence-corrected chi connectivity index (χ4v) is 4.03. The topological polar surface area (TPSA) is 87.5 Å². The van der Waals surface area contributed by atoms with Gasteiger partial charge in [0.2, 0.25) is 5.95 Å². The van der Waals surface area contributed by atoms with E-state index in [2.05, 4.69) is 16.2 Å². The average Bonchev–Trinajstić information content (AvgIpc) is 3.00. The Kier molecular flexibility index (Phi) is 6.63. The van der Waals surface area contributed by atoms with Crippen LogP contribution in [-0.2, 0) is 6.54 Å². The van der Waals surface area contributed by atoms with Gasteiger partial charge in [0.25, 0.3) is 0 Å². The monoisotopic (exact) mass is 480 g/mol. The molecule has 2 heterocycles. The van der Waals surface area contributed by atoms with Crippen molar-refractivity contribution in [3.05, 3.63) is 106 Å². The molecule has 1 aliphatic heterocycles. The fraction of sp³-hybridized carbons (Fsp3) is 0.0714. The Morgan fingerprint density at radius 2 is 1.80 bits per heavy atom. The van der Waals surface area contributed by atoms with Crippen molar-refractivity contribution in [3.63, 3.8) is 0 Å². The molecule has 2 N–H and O–H groups in total. The summed E-state index contributed by atoms with van der Waals surface area (Å²) in [7, 11) is 0. The van der Waals surface area contributed by atoms with Crippen molar-refractivity contribution in [1.29, 1.82) is 0 Å². The molecule has 4 aromatic rings. The minimum absolute atomic E-state index is 0. The standard InChI is InChI=1S/C27H17ClN4O2.CH4/c1-2-16-5-3-4-6-21(16)25-23-13-19(28)9-12-22(23)24-18(14-29-25)15-30-27(32-24)31-20-10-7-17(8-11-20)26(33)34;/h1,3-13,15H,14H2,(H,33,34)(H,30,31,32);1H4. The van der Waals surface area contributed by atoms with Crippen molar-refractivity contribution in [1.82, 2.24) is 9.97 Å². The van der Waals surface area contributed by atoms with E-state index in [1.807, 2.05) is 42.5 Å². The van der Waals surface area contributed by atoms with E-state index in [4.69, 9.17) is 33.1 Å². The lowest BCUT2D eigenvalue weighted by molar-refractivity contribution is 0.0697. The highest BCUT2D eigenvalue weighted by molar-refractivity contribution is 6.31. The van der Waals surface area contributed by atoms with Crippen molar-refractivity contribution in [3.8, 4) is 23.6 Å². The van der Waals surface area contributed by atoms with Crippen LogP contribution in [0.1, 0.15) is 40.0 Å². The zero-order chi connectivity index (χ0) is 23.7. The molecule has 0 fully saturated rings. The van der Waals surface area contributed by atoms with Crippen molar-refractivity contribution in [2.24, 2.45) is 4.99 Å². The summed E-state index contributed by atoms with van der Waals surface area (Å²) in [6.45, 7) is 0.378. The lowest BCUT2D eigenvalue weighted by atomic mass is 9.93. The van der Waals surface area contributed by atoms with Gasteiger partial charge < -0.3 is 10.4 Å². The third-order valence-electron chi connectivity index (χ3n) is 5.49. The van der Waals surface area contributed by atoms with Gasteiger partial charge in [-0.3, -0.25) is 4.99 Å². The average molecular weight is 481 g/mol. The number of halogens is 1. The summed E-state index contributed by atoms with van der Waals surface area (Å²) in [6.07, 6.45) is 7.50. The number of carboxylic acid groups (broad SMARTS) is 1. The number of aromatic carboxylic acids is 1. The van der Waals surface area contributed by atoms with Gasteiger partial charge in [0, 0.05) is 44.7 Å². The summed E-state index contributed by atoms with van der Waals surface area (Å²) in [6, 6.07) is 19.7. The molecule has 0 bridgehead atoms. The quantitative estimate of drug-likeness (QED) is 0.339. The van der Waals surface area contributed by atoms with Crippen LogP contribution in [0.3, 0.4) is 0 Å². The summed E-state index contributed by atoms with van der Waals surface area (Å²) in [5.74, 6) is 2.14. The number of aromatic nitrogens is 2. The maximum Gasteiger partial charge on any atom is 0.335 e. The molecule has 0 unspecified atom stereocenters. The number of carbonyl (C=O) groups is 1. The molecular formula is C28H21ClN4O2. The number of rotatable bonds is 4. The lowest BCUT2D eigenvalue weighted by Crippen LogP contribution is -2.07. The Hall–Kier alpha value is -4.47. The highest BCUT2D eigenvalue weighted by Gasteiger charge is 2.22. The second-order valence-corrected chi connectivity index (χ2v) is 8.06. The molecule has 3 aromatic carbocycles. The van der Waals surface area contributed by atoms with Gasteiger partial charge in [0.15, 0.2) is 0 Å². The molecule has 0 atom stereocenters. The molecule has 1 aliphatic rings. The van der Waals surface area contributed by atoms with E-state index < -0.39 is 5.97 Å². The number of aliphatic imine (C=N–C) groups is 1. The Morgan fingerprint density at radius 1 is 1.03 bits per heavy atom. The van der Waals surface area contributed by atoms with Crippen LogP contribution in [0.5, 0.6) is 0 Å². The molecule has 0 amide bonds. The van der Waals surface area contributed by atoms with Crippen LogP contribution in [0.25, 0.3) is 11.3 Å². The number of hydrogen-bond acceptors (Lipinski definition) is 5. The van der Waals surface area contributed by atoms with Crippen molar-refractivity contribution >= 4 is 34.9 Å². The second-order valence-electron chi connectivity index (χ2n) is 7.62. The molecule has 0 spiro atoms. The summed E-state index contributed by atoms with van der Waals surface area (Å²) in [5, 5.41) is 12.8. The highest BCUT2D eigenvalue weighted by atomic mass is 35.5. The van der Waals surface area contributed by atoms with Crippen LogP contribution in [-0.4, -0.2) is 26.8 Å². The van der Waals surface area contributed by atoms with Gasteiger partial charge >= 0.3 is 5.97 Å². The van der Waals surface area contributed by atoms with Crippen LogP contribution >= 0.6 is 11.6 Å². The smallest absolute Gasteiger partial charge is 0.335 e. The summed E-state index contributed by atoms with van der Waals surface area (Å²) in [4.78, 5) is 25.2. The zero-order valence-electron chi connectivity index (χ0n) is 17.8. The molecule has 35 heavy (non-hydrogen) atoms. The first-order valence-electron chi connectivity index (χ1n) is 10.4. The predicted molar refractivity (Wildman–Crippen MR) is 140 cm³/mol. The number of terminal acetylenes is 1. The molecule has 6 nitrogen and oxygen atoms in total. The number of nitrogens with zero attached hydrogens (tertiary/aromatic N) is 3. The molecule has 0 saturated carbocycles. The van der Waals surface area contributed by atoms with Crippen molar-refractivity contribution in [2.45, 2.75) is 14.0 Å². The maximum absolute atomic E-state index is 11.1. The number of anilines is 2. The number of nitrogens with one attached hydrogen (secondary N) is 1. The molecule has 0 radical (unpaired) electrons. The third-order valence-corrected chi connectivity index (χ3v) is 5.72. The lowest BCUT2D eigenvalue weighted by Gasteiger charge is -2.13. The van der Waals surface area contributed by atoms with Gasteiger partial charge in [0.1, 0.15) is 0 Å². The van der Waals surface area contributed by atoms with E-state index in [1.54, 1.807) is 18.3 Å². The maximum atomic E-state index is 11.1. The minimum Gasteiger partial charge on any atom is -0.478 e. The fourth-order valence-electron chi connectivity index (χ4n) is 3.86. The molecule has 1 aromatic heterocycles. The molecule has 5 rings (SSSR count). The van der Waals surface area contributed by atoms with Crippen LogP contribution in [0, 0.1) is 12.3 Å². The van der Waals surface area contributed by atoms with E-state index in [0.29, 0.717) is 23.2 Å². The zero-order valence-corrected chi connectivity index (χ0v) is 18.5. The van der Waals surface area contributed by atoms with E-state index >= 15 is 0 Å². The third kappa shape index (κ3) is 4.63. The largest absolute Gasteiger partial charge is 0.478 e. The highest BCUT2D eigenvalue weighted by Crippen LogP contribution is 2.34. The van der Waals surface area contributed by atoms with E-state index in [0.717, 1.165) is 39.2 Å². The molecule has 0 saturated heterocycles. The second kappa shape index (κ2) is 9.80. The van der Waals surface area contributed by atoms with Gasteiger partial charge in [-0.15, -0.1) is 6.42 Å². The Balaban J connectivity index is 0.00000289. The summed E-state index contributed by atoms with van der Waals surface area (Å²) < 4.78 is 0. The Morgan fingerprint density at radius 3 is 2.54 bits per heavy atom. The number of carboxylic acids is 1. The number of hydrogen-bond donors (Lipinski definition) is 2. The molecule has 172 valence electrons. The first kappa shape index (κ1) is 23.7. The van der Waals surface area contributed by atoms with Crippen LogP contribution < -0.4 is 5.32 Å². The van der Waals surface area contributed by atoms with Crippen molar-refractivity contribution < 1.29 is 9.90 Å². The minimum atomic E-state index is -0.981. The van der Waals surface area contributed by atoms with Crippen LogP contribution in [0.4, 0.5) is 11.6 Å². The van der Waals surface area contributed by atoms with Crippen LogP contribution in [0.15, 0.2) is 77.9 Å². The van der Waals surface area contributed by atoms with Crippen molar-refractivity contribution in [2.75, 3.05) is 5.32 Å². The normalized spacial score (nSPS) is 11.6. The first-order chi connectivity index (χ1) is 16.5. The summed E-state index contributed by atoms with van der Waals surface area (Å²) in [5.41, 5.74) is 6.54. The van der Waals surface area contributed by atoms with E-state index in [9.17, 15) is 4.79 Å². The number of benzene rings is 3. The first-order valence-corrected chi connectivity index (χ1v) is 10.8. The molecule has 0 aliphatic carbocycles. The SMILES string of the molecule is C.C#Cc1ccccc1C1=NCc2cnc(Nc3ccc(C(=O)O)cc3)nc2-c2ccc(Cl)cc21. The molecular weight excluding hydrogens is 460 g/mol. The van der Waals surface area contributed by atoms with Gasteiger partial charge in [-0.2, -0.15) is 0 Å². The van der Waals surface area contributed by atoms with Gasteiger partial charge in [-0.05, 0) is 42.5 Å². The predicted octanol–water partition coefficient (Wildman–Crippen LogP) is 6.21. The Bertz CT molecular complexity index is 1500.